The van der Waals surface area contributed by atoms with Gasteiger partial charge in [-0.25, -0.2) is 9.48 Å². The Kier molecular flexibility index (Phi) is 8.82. The van der Waals surface area contributed by atoms with Crippen molar-refractivity contribution in [2.75, 3.05) is 16.8 Å². The van der Waals surface area contributed by atoms with Gasteiger partial charge in [-0.15, -0.1) is 32.2 Å². The third-order valence-electron chi connectivity index (χ3n) is 6.79. The number of carbonyl (C=O) groups excluding carboxylic acids is 4. The minimum Gasteiger partial charge on any atom is -0.477 e. The van der Waals surface area contributed by atoms with Crippen LogP contribution in [0, 0.1) is 0 Å². The van der Waals surface area contributed by atoms with Gasteiger partial charge in [0.2, 0.25) is 16.6 Å². The first-order valence-electron chi connectivity index (χ1n) is 13.4. The topological polar surface area (TPSA) is 261 Å². The molecule has 0 aliphatic carbocycles. The molecule has 4 amide bonds. The number of carboxylic acids is 1. The molecule has 6 rings (SSSR count). The number of aliphatic carboxylic acids is 1. The summed E-state index contributed by atoms with van der Waals surface area (Å²) in [5.74, 6) is -3.52. The maximum Gasteiger partial charge on any atom is 0.352 e. The second kappa shape index (κ2) is 13.1. The molecule has 1 fully saturated rings. The number of benzene rings is 1. The number of thioether (sulfide) groups is 2. The zero-order valence-electron chi connectivity index (χ0n) is 23.6. The highest BCUT2D eigenvalue weighted by Crippen LogP contribution is 2.41. The Morgan fingerprint density at radius 3 is 2.62 bits per heavy atom. The molecular formula is C26H21N11O7S3. The Balaban J connectivity index is 1.09. The van der Waals surface area contributed by atoms with Gasteiger partial charge < -0.3 is 21.5 Å². The fraction of sp³-hybridized carbons (Fsp3) is 0.192. The third-order valence-corrected chi connectivity index (χ3v) is 10.3. The number of rotatable bonds is 11. The number of aromatic amines is 1. The number of fused-ring (bicyclic) bond motifs is 1. The van der Waals surface area contributed by atoms with Crippen molar-refractivity contribution < 1.29 is 29.1 Å². The first-order chi connectivity index (χ1) is 22.6. The van der Waals surface area contributed by atoms with Crippen molar-refractivity contribution in [1.29, 1.82) is 0 Å². The fourth-order valence-electron chi connectivity index (χ4n) is 4.66. The average Bonchev–Trinajstić information content (AvgIpc) is 3.76. The zero-order chi connectivity index (χ0) is 33.2. The summed E-state index contributed by atoms with van der Waals surface area (Å²) in [7, 11) is 0. The smallest absolute Gasteiger partial charge is 0.352 e. The predicted octanol–water partition coefficient (Wildman–Crippen LogP) is -0.373. The van der Waals surface area contributed by atoms with E-state index in [1.165, 1.54) is 46.7 Å². The zero-order valence-corrected chi connectivity index (χ0v) is 26.1. The molecule has 4 aromatic rings. The summed E-state index contributed by atoms with van der Waals surface area (Å²) >= 11 is 3.45. The summed E-state index contributed by atoms with van der Waals surface area (Å²) in [5.41, 5.74) is 4.82. The molecule has 3 aromatic heterocycles. The molecule has 0 saturated carbocycles. The molecule has 2 aliphatic heterocycles. The lowest BCUT2D eigenvalue weighted by Gasteiger charge is -2.49. The van der Waals surface area contributed by atoms with Crippen LogP contribution in [0.25, 0.3) is 5.95 Å². The number of nitrogens with one attached hydrogen (secondary N) is 3. The van der Waals surface area contributed by atoms with Crippen LogP contribution < -0.4 is 21.9 Å². The van der Waals surface area contributed by atoms with Crippen LogP contribution in [0.1, 0.15) is 25.9 Å². The van der Waals surface area contributed by atoms with Gasteiger partial charge in [-0.2, -0.15) is 5.10 Å². The molecule has 5 heterocycles. The van der Waals surface area contributed by atoms with Crippen LogP contribution in [0.4, 0.5) is 5.69 Å². The van der Waals surface area contributed by atoms with E-state index in [0.29, 0.717) is 15.5 Å². The lowest BCUT2D eigenvalue weighted by Crippen LogP contribution is -2.70. The number of H-pyrrole nitrogens is 1. The molecule has 18 nitrogen and oxygen atoms in total. The standard InChI is InChI=1S/C26H21N11O7S3/c27-18(39)21-33-35-26(47-21)46-10-12-9-45-23-16(22(42)37(23)17(12)24(43)44)30-14(38)8-11-4-1-2-5-13(11)29-19(40)15-20(41)31-25(34-32-15)36-7-3-6-28-36/h1-7,16,23H,8-10H2,(H2,27,39)(H,29,40)(H,30,38)(H,43,44)(H,31,34,41)/t16?,23-/m1/s1. The quantitative estimate of drug-likeness (QED) is 0.0991. The van der Waals surface area contributed by atoms with E-state index in [1.807, 2.05) is 0 Å². The van der Waals surface area contributed by atoms with E-state index >= 15 is 0 Å². The van der Waals surface area contributed by atoms with Crippen LogP contribution in [0.2, 0.25) is 0 Å². The van der Waals surface area contributed by atoms with Crippen molar-refractivity contribution in [2.45, 2.75) is 22.2 Å². The van der Waals surface area contributed by atoms with E-state index in [-0.39, 0.29) is 40.3 Å². The van der Waals surface area contributed by atoms with E-state index in [2.05, 4.69) is 41.1 Å². The third kappa shape index (κ3) is 6.48. The van der Waals surface area contributed by atoms with Gasteiger partial charge in [-0.05, 0) is 23.3 Å². The highest BCUT2D eigenvalue weighted by molar-refractivity contribution is 8.01. The minimum atomic E-state index is -1.29. The van der Waals surface area contributed by atoms with Gasteiger partial charge in [0.25, 0.3) is 29.2 Å². The number of carboxylic acid groups (broad SMARTS) is 1. The molecule has 240 valence electrons. The Hall–Kier alpha value is -5.41. The van der Waals surface area contributed by atoms with Gasteiger partial charge in [-0.1, -0.05) is 41.3 Å². The summed E-state index contributed by atoms with van der Waals surface area (Å²) in [6, 6.07) is 7.05. The SMILES string of the molecule is NC(=O)c1nnc(SCC2=C(C(=O)O)N3C(=O)C(NC(=O)Cc4ccccc4NC(=O)c4nnc(-n5cccn5)[nH]c4=O)[C@H]3SC2)s1. The Labute approximate surface area is 275 Å². The second-order valence-corrected chi connectivity index (χ2v) is 13.1. The number of anilines is 1. The molecule has 2 aliphatic rings. The number of aromatic nitrogens is 7. The largest absolute Gasteiger partial charge is 0.477 e. The lowest BCUT2D eigenvalue weighted by molar-refractivity contribution is -0.150. The van der Waals surface area contributed by atoms with Crippen LogP contribution >= 0.6 is 34.9 Å². The summed E-state index contributed by atoms with van der Waals surface area (Å²) in [4.78, 5) is 78.6. The number of carbonyl (C=O) groups is 5. The Morgan fingerprint density at radius 1 is 1.11 bits per heavy atom. The first kappa shape index (κ1) is 31.6. The number of nitrogens with zero attached hydrogens (tertiary/aromatic N) is 7. The molecular weight excluding hydrogens is 675 g/mol. The Morgan fingerprint density at radius 2 is 1.91 bits per heavy atom. The summed E-state index contributed by atoms with van der Waals surface area (Å²) in [6.45, 7) is 0. The van der Waals surface area contributed by atoms with Crippen molar-refractivity contribution in [3.05, 3.63) is 80.6 Å². The first-order valence-corrected chi connectivity index (χ1v) is 16.3. The molecule has 1 aromatic carbocycles. The van der Waals surface area contributed by atoms with Gasteiger partial charge in [0.15, 0.2) is 4.34 Å². The maximum atomic E-state index is 13.1. The highest BCUT2D eigenvalue weighted by atomic mass is 32.2. The molecule has 0 bridgehead atoms. The maximum absolute atomic E-state index is 13.1. The van der Waals surface area contributed by atoms with Crippen LogP contribution in [0.3, 0.4) is 0 Å². The number of amides is 4. The van der Waals surface area contributed by atoms with Crippen LogP contribution in [-0.4, -0.2) is 97.7 Å². The minimum absolute atomic E-state index is 0.0170. The number of nitrogens with two attached hydrogens (primary N) is 1. The van der Waals surface area contributed by atoms with E-state index in [4.69, 9.17) is 5.73 Å². The van der Waals surface area contributed by atoms with Crippen molar-refractivity contribution in [1.82, 2.24) is 45.4 Å². The summed E-state index contributed by atoms with van der Waals surface area (Å²) in [6.07, 6.45) is 2.78. The number of hydrogen-bond donors (Lipinski definition) is 5. The number of para-hydroxylation sites is 1. The molecule has 47 heavy (non-hydrogen) atoms. The van der Waals surface area contributed by atoms with Crippen molar-refractivity contribution in [2.24, 2.45) is 5.73 Å². The highest BCUT2D eigenvalue weighted by Gasteiger charge is 2.54. The molecule has 0 spiro atoms. The van der Waals surface area contributed by atoms with Crippen LogP contribution in [0.5, 0.6) is 0 Å². The lowest BCUT2D eigenvalue weighted by atomic mass is 10.0. The fourth-order valence-corrected chi connectivity index (χ4v) is 7.85. The number of β-lactam (4-membered cyclic amide) rings is 1. The number of primary amides is 1. The molecule has 2 atom stereocenters. The van der Waals surface area contributed by atoms with Crippen molar-refractivity contribution in [3.8, 4) is 5.95 Å². The predicted molar refractivity (Wildman–Crippen MR) is 167 cm³/mol. The summed E-state index contributed by atoms with van der Waals surface area (Å²) < 4.78 is 1.69. The van der Waals surface area contributed by atoms with E-state index in [9.17, 15) is 33.9 Å². The summed E-state index contributed by atoms with van der Waals surface area (Å²) in [5, 5.41) is 33.6. The van der Waals surface area contributed by atoms with Crippen molar-refractivity contribution >= 4 is 70.1 Å². The average molecular weight is 696 g/mol. The van der Waals surface area contributed by atoms with Crippen LogP contribution in [0.15, 0.2) is 63.1 Å². The molecule has 0 radical (unpaired) electrons. The van der Waals surface area contributed by atoms with Gasteiger partial charge in [0.1, 0.15) is 17.1 Å². The van der Waals surface area contributed by atoms with Gasteiger partial charge in [0.05, 0.1) is 6.42 Å². The van der Waals surface area contributed by atoms with Gasteiger partial charge >= 0.3 is 5.97 Å². The molecule has 1 saturated heterocycles. The van der Waals surface area contributed by atoms with E-state index < -0.39 is 52.3 Å². The van der Waals surface area contributed by atoms with E-state index in [0.717, 1.165) is 16.2 Å². The second-order valence-electron chi connectivity index (χ2n) is 9.80. The van der Waals surface area contributed by atoms with Crippen LogP contribution in [-0.2, 0) is 20.8 Å². The molecule has 21 heteroatoms. The van der Waals surface area contributed by atoms with E-state index in [1.54, 1.807) is 24.3 Å². The Bertz CT molecular complexity index is 2010. The monoisotopic (exact) mass is 695 g/mol. The van der Waals surface area contributed by atoms with Gasteiger partial charge in [-0.3, -0.25) is 33.9 Å². The molecule has 1 unspecified atom stereocenters. The normalized spacial score (nSPS) is 17.1. The van der Waals surface area contributed by atoms with Gasteiger partial charge in [0, 0.05) is 29.6 Å². The molecule has 6 N–H and O–H groups in total. The van der Waals surface area contributed by atoms with Crippen molar-refractivity contribution in [3.63, 3.8) is 0 Å². The number of hydrogen-bond acceptors (Lipinski definition) is 14.